The Morgan fingerprint density at radius 1 is 1.33 bits per heavy atom. The molecule has 132 valence electrons. The highest BCUT2D eigenvalue weighted by atomic mass is 19.4. The van der Waals surface area contributed by atoms with E-state index in [4.69, 9.17) is 4.74 Å². The van der Waals surface area contributed by atoms with Crippen molar-refractivity contribution in [3.63, 3.8) is 0 Å². The molecule has 24 heavy (non-hydrogen) atoms. The first-order valence-corrected chi connectivity index (χ1v) is 8.33. The molecule has 1 N–H and O–H groups in total. The van der Waals surface area contributed by atoms with Crippen molar-refractivity contribution in [2.24, 2.45) is 0 Å². The lowest BCUT2D eigenvalue weighted by atomic mass is 9.89. The summed E-state index contributed by atoms with van der Waals surface area (Å²) in [5.74, 6) is -0.290. The Morgan fingerprint density at radius 2 is 2.08 bits per heavy atom. The second-order valence-corrected chi connectivity index (χ2v) is 6.68. The van der Waals surface area contributed by atoms with Crippen LogP contribution in [0.2, 0.25) is 0 Å². The van der Waals surface area contributed by atoms with Crippen LogP contribution in [0.1, 0.15) is 49.9 Å². The molecule has 7 heteroatoms. The maximum Gasteiger partial charge on any atom is 0.433 e. The van der Waals surface area contributed by atoms with Crippen LogP contribution in [0.15, 0.2) is 18.2 Å². The number of halogens is 3. The van der Waals surface area contributed by atoms with E-state index in [2.05, 4.69) is 10.3 Å². The third kappa shape index (κ3) is 4.06. The fraction of sp³-hybridized carbons (Fsp3) is 0.647. The predicted molar refractivity (Wildman–Crippen MR) is 81.3 cm³/mol. The zero-order valence-electron chi connectivity index (χ0n) is 13.4. The van der Waals surface area contributed by atoms with Crippen LogP contribution in [-0.2, 0) is 22.1 Å². The summed E-state index contributed by atoms with van der Waals surface area (Å²) >= 11 is 0. The molecule has 4 nitrogen and oxygen atoms in total. The van der Waals surface area contributed by atoms with Gasteiger partial charge < -0.3 is 10.1 Å². The van der Waals surface area contributed by atoms with Crippen molar-refractivity contribution in [2.45, 2.75) is 62.8 Å². The average molecular weight is 342 g/mol. The van der Waals surface area contributed by atoms with E-state index in [0.717, 1.165) is 44.6 Å². The topological polar surface area (TPSA) is 51.2 Å². The largest absolute Gasteiger partial charge is 0.433 e. The van der Waals surface area contributed by atoms with E-state index in [0.29, 0.717) is 6.61 Å². The minimum Gasteiger partial charge on any atom is -0.375 e. The summed E-state index contributed by atoms with van der Waals surface area (Å²) in [6, 6.07) is 3.65. The van der Waals surface area contributed by atoms with Crippen LogP contribution in [0.4, 0.5) is 13.2 Å². The minimum absolute atomic E-state index is 0.0233. The van der Waals surface area contributed by atoms with Gasteiger partial charge in [0.15, 0.2) is 0 Å². The Hall–Kier alpha value is -1.63. The Kier molecular flexibility index (Phi) is 4.80. The highest BCUT2D eigenvalue weighted by molar-refractivity contribution is 5.78. The van der Waals surface area contributed by atoms with Crippen molar-refractivity contribution in [3.05, 3.63) is 29.6 Å². The number of carbonyl (C=O) groups excluding carboxylic acids is 1. The average Bonchev–Trinajstić information content (AvgIpc) is 2.94. The van der Waals surface area contributed by atoms with Gasteiger partial charge in [0.2, 0.25) is 5.91 Å². The van der Waals surface area contributed by atoms with Crippen molar-refractivity contribution < 1.29 is 22.7 Å². The number of hydrogen-bond donors (Lipinski definition) is 1. The fourth-order valence-electron chi connectivity index (χ4n) is 3.70. The predicted octanol–water partition coefficient (Wildman–Crippen LogP) is 3.25. The summed E-state index contributed by atoms with van der Waals surface area (Å²) in [4.78, 5) is 15.7. The molecular formula is C17H21F3N2O2. The number of amides is 1. The number of pyridine rings is 1. The monoisotopic (exact) mass is 342 g/mol. The molecule has 1 saturated carbocycles. The van der Waals surface area contributed by atoms with Crippen molar-refractivity contribution in [2.75, 3.05) is 6.61 Å². The standard InChI is InChI=1S/C17H21F3N2O2/c18-17(19,20)14-5-3-4-12(21-14)10-15(23)22-13-6-9-24-16(11-13)7-1-2-8-16/h3-5,13H,1-2,6-11H2,(H,22,23). The zero-order valence-corrected chi connectivity index (χ0v) is 13.4. The van der Waals surface area contributed by atoms with E-state index in [1.54, 1.807) is 0 Å². The van der Waals surface area contributed by atoms with E-state index in [-0.39, 0.29) is 29.7 Å². The van der Waals surface area contributed by atoms with E-state index < -0.39 is 11.9 Å². The van der Waals surface area contributed by atoms with Crippen LogP contribution in [0.25, 0.3) is 0 Å². The third-order valence-electron chi connectivity index (χ3n) is 4.81. The second-order valence-electron chi connectivity index (χ2n) is 6.68. The van der Waals surface area contributed by atoms with Gasteiger partial charge in [0.05, 0.1) is 17.7 Å². The Balaban J connectivity index is 1.58. The molecule has 0 radical (unpaired) electrons. The number of alkyl halides is 3. The number of rotatable bonds is 3. The van der Waals surface area contributed by atoms with Crippen LogP contribution in [-0.4, -0.2) is 29.1 Å². The molecule has 0 aromatic carbocycles. The SMILES string of the molecule is O=C(Cc1cccc(C(F)(F)F)n1)NC1CCOC2(CCCC2)C1. The van der Waals surface area contributed by atoms with Crippen molar-refractivity contribution in [1.82, 2.24) is 10.3 Å². The number of ether oxygens (including phenoxy) is 1. The highest BCUT2D eigenvalue weighted by Crippen LogP contribution is 2.40. The molecule has 0 bridgehead atoms. The van der Waals surface area contributed by atoms with Gasteiger partial charge in [-0.05, 0) is 37.8 Å². The molecular weight excluding hydrogens is 321 g/mol. The first kappa shape index (κ1) is 17.2. The molecule has 1 amide bonds. The van der Waals surface area contributed by atoms with Crippen LogP contribution in [0, 0.1) is 0 Å². The fourth-order valence-corrected chi connectivity index (χ4v) is 3.70. The zero-order chi connectivity index (χ0) is 17.2. The van der Waals surface area contributed by atoms with Crippen molar-refractivity contribution in [3.8, 4) is 0 Å². The molecule has 2 heterocycles. The summed E-state index contributed by atoms with van der Waals surface area (Å²) in [7, 11) is 0. The van der Waals surface area contributed by atoms with E-state index in [1.165, 1.54) is 12.1 Å². The Morgan fingerprint density at radius 3 is 2.79 bits per heavy atom. The summed E-state index contributed by atoms with van der Waals surface area (Å²) in [6.07, 6.45) is 1.22. The Bertz CT molecular complexity index is 598. The second kappa shape index (κ2) is 6.70. The Labute approximate surface area is 138 Å². The maximum atomic E-state index is 12.7. The summed E-state index contributed by atoms with van der Waals surface area (Å²) < 4.78 is 43.9. The molecule has 3 rings (SSSR count). The number of carbonyl (C=O) groups is 1. The molecule has 1 aliphatic heterocycles. The van der Waals surface area contributed by atoms with Gasteiger partial charge in [0.1, 0.15) is 5.69 Å². The molecule has 2 aliphatic rings. The van der Waals surface area contributed by atoms with Gasteiger partial charge in [-0.1, -0.05) is 18.9 Å². The van der Waals surface area contributed by atoms with Gasteiger partial charge in [-0.25, -0.2) is 4.98 Å². The molecule has 1 aromatic heterocycles. The van der Waals surface area contributed by atoms with Crippen LogP contribution >= 0.6 is 0 Å². The first-order chi connectivity index (χ1) is 11.4. The summed E-state index contributed by atoms with van der Waals surface area (Å²) in [5.41, 5.74) is -0.946. The van der Waals surface area contributed by atoms with Gasteiger partial charge in [-0.2, -0.15) is 13.2 Å². The van der Waals surface area contributed by atoms with Crippen LogP contribution < -0.4 is 5.32 Å². The van der Waals surface area contributed by atoms with Crippen molar-refractivity contribution in [1.29, 1.82) is 0 Å². The minimum atomic E-state index is -4.50. The molecule has 2 fully saturated rings. The maximum absolute atomic E-state index is 12.7. The number of aromatic nitrogens is 1. The van der Waals surface area contributed by atoms with Gasteiger partial charge in [-0.15, -0.1) is 0 Å². The van der Waals surface area contributed by atoms with Crippen LogP contribution in [0.5, 0.6) is 0 Å². The van der Waals surface area contributed by atoms with E-state index in [9.17, 15) is 18.0 Å². The quantitative estimate of drug-likeness (QED) is 0.917. The third-order valence-corrected chi connectivity index (χ3v) is 4.81. The smallest absolute Gasteiger partial charge is 0.375 e. The lowest BCUT2D eigenvalue weighted by Gasteiger charge is -2.38. The normalized spacial score (nSPS) is 23.4. The molecule has 1 aromatic rings. The molecule has 1 saturated heterocycles. The first-order valence-electron chi connectivity index (χ1n) is 8.33. The van der Waals surface area contributed by atoms with Crippen LogP contribution in [0.3, 0.4) is 0 Å². The van der Waals surface area contributed by atoms with Gasteiger partial charge >= 0.3 is 6.18 Å². The van der Waals surface area contributed by atoms with Gasteiger partial charge in [0.25, 0.3) is 0 Å². The van der Waals surface area contributed by atoms with Gasteiger partial charge in [-0.3, -0.25) is 4.79 Å². The summed E-state index contributed by atoms with van der Waals surface area (Å²) in [5, 5.41) is 2.94. The number of nitrogens with one attached hydrogen (secondary N) is 1. The lowest BCUT2D eigenvalue weighted by Crippen LogP contribution is -2.47. The summed E-state index contributed by atoms with van der Waals surface area (Å²) in [6.45, 7) is 0.618. The van der Waals surface area contributed by atoms with Crippen molar-refractivity contribution >= 4 is 5.91 Å². The van der Waals surface area contributed by atoms with E-state index in [1.807, 2.05) is 0 Å². The number of hydrogen-bond acceptors (Lipinski definition) is 3. The van der Waals surface area contributed by atoms with E-state index >= 15 is 0 Å². The molecule has 1 unspecified atom stereocenters. The van der Waals surface area contributed by atoms with Gasteiger partial charge in [0, 0.05) is 12.6 Å². The molecule has 1 aliphatic carbocycles. The molecule has 1 spiro atoms. The lowest BCUT2D eigenvalue weighted by molar-refractivity contribution is -0.141. The molecule has 1 atom stereocenters. The number of nitrogens with zero attached hydrogens (tertiary/aromatic N) is 1. The highest BCUT2D eigenvalue weighted by Gasteiger charge is 2.40.